The second-order valence-corrected chi connectivity index (χ2v) is 20.0. The molecule has 2 bridgehead atoms. The maximum Gasteiger partial charge on any atom is 0.337 e. The van der Waals surface area contributed by atoms with Crippen molar-refractivity contribution in [2.75, 3.05) is 73.2 Å². The summed E-state index contributed by atoms with van der Waals surface area (Å²) < 4.78 is 35.2. The zero-order valence-electron chi connectivity index (χ0n) is 42.8. The van der Waals surface area contributed by atoms with Gasteiger partial charge >= 0.3 is 31.9 Å². The van der Waals surface area contributed by atoms with Gasteiger partial charge in [-0.25, -0.2) is 9.59 Å². The number of nitrogens with one attached hydrogen (secondary N) is 3. The highest BCUT2D eigenvalue weighted by Gasteiger charge is 2.57. The number of urea groups is 1. The van der Waals surface area contributed by atoms with Crippen LogP contribution in [0, 0.1) is 5.41 Å². The predicted molar refractivity (Wildman–Crippen MR) is 276 cm³/mol. The lowest BCUT2D eigenvalue weighted by molar-refractivity contribution is -0.941. The fourth-order valence-corrected chi connectivity index (χ4v) is 10.9. The van der Waals surface area contributed by atoms with Crippen LogP contribution in [0.25, 0.3) is 0 Å². The Morgan fingerprint density at radius 2 is 1.46 bits per heavy atom. The first-order valence-electron chi connectivity index (χ1n) is 25.2. The number of piperidine rings is 3. The largest absolute Gasteiger partial charge is 0.539 e. The van der Waals surface area contributed by atoms with Crippen molar-refractivity contribution in [1.29, 1.82) is 0 Å². The highest BCUT2D eigenvalue weighted by atomic mass is 35.5. The highest BCUT2D eigenvalue weighted by molar-refractivity contribution is 6.38. The molecule has 3 atom stereocenters. The normalized spacial score (nSPS) is 22.2. The minimum absolute atomic E-state index is 0.0109. The number of quaternary nitrogens is 1. The van der Waals surface area contributed by atoms with Gasteiger partial charge < -0.3 is 53.7 Å². The van der Waals surface area contributed by atoms with E-state index in [0.29, 0.717) is 46.8 Å². The fraction of sp³-hybridized carbons (Fsp3) is 0.389. The molecule has 6 heterocycles. The molecule has 22 heteroatoms. The summed E-state index contributed by atoms with van der Waals surface area (Å²) >= 11 is 7.02. The number of carbonyl (C=O) groups is 7. The molecule has 76 heavy (non-hydrogen) atoms. The van der Waals surface area contributed by atoms with E-state index in [4.69, 9.17) is 39.9 Å². The molecule has 7 amide bonds. The Balaban J connectivity index is 0.835. The Hall–Kier alpha value is -7.62. The minimum Gasteiger partial charge on any atom is -0.539 e. The first kappa shape index (κ1) is 53.2. The molecule has 0 radical (unpaired) electrons. The molecule has 0 aromatic heterocycles. The van der Waals surface area contributed by atoms with Gasteiger partial charge in [0.1, 0.15) is 43.0 Å². The van der Waals surface area contributed by atoms with Gasteiger partial charge in [-0.1, -0.05) is 66.2 Å². The summed E-state index contributed by atoms with van der Waals surface area (Å²) in [5, 5.41) is 8.56. The van der Waals surface area contributed by atoms with E-state index >= 15 is 0 Å². The van der Waals surface area contributed by atoms with Gasteiger partial charge in [-0.3, -0.25) is 33.8 Å². The van der Waals surface area contributed by atoms with Crippen LogP contribution in [-0.2, 0) is 46.6 Å². The molecule has 5 saturated heterocycles. The third-order valence-corrected chi connectivity index (χ3v) is 15.6. The highest BCUT2D eigenvalue weighted by Crippen LogP contribution is 2.46. The number of halogens is 1. The molecule has 398 valence electrons. The number of piperazine rings is 1. The van der Waals surface area contributed by atoms with Gasteiger partial charge in [0.2, 0.25) is 5.91 Å². The zero-order chi connectivity index (χ0) is 53.7. The Morgan fingerprint density at radius 3 is 2.07 bits per heavy atom. The van der Waals surface area contributed by atoms with Gasteiger partial charge in [0.15, 0.2) is 23.8 Å². The average Bonchev–Trinajstić information content (AvgIpc) is 3.49. The van der Waals surface area contributed by atoms with Gasteiger partial charge in [-0.05, 0) is 60.0 Å². The lowest BCUT2D eigenvalue weighted by Crippen LogP contribution is -2.74. The number of rotatable bonds is 19. The van der Waals surface area contributed by atoms with E-state index in [0.717, 1.165) is 60.7 Å². The number of amides is 7. The van der Waals surface area contributed by atoms with Crippen LogP contribution < -0.4 is 34.9 Å². The molecule has 0 aliphatic carbocycles. The van der Waals surface area contributed by atoms with Crippen LogP contribution in [0.15, 0.2) is 102 Å². The molecule has 0 spiro atoms. The number of hydrogen-bond donors (Lipinski definition) is 3. The third kappa shape index (κ3) is 10.9. The summed E-state index contributed by atoms with van der Waals surface area (Å²) in [6, 6.07) is 23.0. The molecular formula is C54H60BClN7O13+. The summed E-state index contributed by atoms with van der Waals surface area (Å²) in [5.41, 5.74) is 2.83. The molecule has 3 N–H and O–H groups in total. The van der Waals surface area contributed by atoms with Crippen LogP contribution in [0.2, 0.25) is 5.02 Å². The fourth-order valence-electron chi connectivity index (χ4n) is 10.6. The van der Waals surface area contributed by atoms with Crippen LogP contribution in [0.5, 0.6) is 23.0 Å². The van der Waals surface area contributed by atoms with Crippen molar-refractivity contribution in [3.8, 4) is 23.0 Å². The lowest BCUT2D eigenvalue weighted by atomic mass is 9.70. The SMILES string of the molecule is BOC(=O)C1=C(C[N+]23CCC(CNC(=O)c4ccc(OCc5ccc(OC)cc5)c(OCc5ccc(OC)cc5)c4Cl)(CC2)CC3)CO[C@@H]2[C@H](NC(=O)[C@H](NC(=O)N3CCN(CC)C(=O)C3=O)c3ccccc3)C(=O)N12. The van der Waals surface area contributed by atoms with Crippen molar-refractivity contribution in [1.82, 2.24) is 30.7 Å². The number of fused-ring (bicyclic) bond motifs is 4. The van der Waals surface area contributed by atoms with Gasteiger partial charge in [0, 0.05) is 56.4 Å². The standard InChI is InChI=1S/C54H59BClN7O13/c1-4-60-23-24-61(50(68)49(60)67)53(70)59-42(35-8-6-5-7-9-35)47(65)58-43-48(66)62-44(52(69)76-55)36(31-75-51(43)62)28-63-25-20-54(21-26-63,22-27-63)32-57-46(64)39-18-19-40(73-29-33-10-14-37(71-2)15-11-33)45(41(39)56)74-30-34-12-16-38(72-3)17-13-34/h5-19,42-43,51H,4,20-32,55H2,1-3H3,(H2-,57,58,59,64,65,70)/p+1/t42-,43-,51-,54?,63?/m1/s1. The maximum atomic E-state index is 14.0. The summed E-state index contributed by atoms with van der Waals surface area (Å²) in [4.78, 5) is 97.7. The van der Waals surface area contributed by atoms with Crippen molar-refractivity contribution in [3.05, 3.63) is 130 Å². The van der Waals surface area contributed by atoms with Crippen LogP contribution in [-0.4, -0.2) is 154 Å². The van der Waals surface area contributed by atoms with E-state index in [1.54, 1.807) is 63.6 Å². The van der Waals surface area contributed by atoms with Crippen LogP contribution in [0.3, 0.4) is 0 Å². The predicted octanol–water partition coefficient (Wildman–Crippen LogP) is 3.42. The van der Waals surface area contributed by atoms with E-state index in [9.17, 15) is 33.6 Å². The molecule has 10 rings (SSSR count). The van der Waals surface area contributed by atoms with Crippen LogP contribution in [0.4, 0.5) is 4.79 Å². The second-order valence-electron chi connectivity index (χ2n) is 19.6. The van der Waals surface area contributed by atoms with Gasteiger partial charge in [0.25, 0.3) is 11.8 Å². The second kappa shape index (κ2) is 22.7. The quantitative estimate of drug-likeness (QED) is 0.0532. The smallest absolute Gasteiger partial charge is 0.337 e. The van der Waals surface area contributed by atoms with Gasteiger partial charge in [0.05, 0.1) is 51.0 Å². The van der Waals surface area contributed by atoms with Crippen molar-refractivity contribution < 1.29 is 66.4 Å². The molecule has 4 aromatic rings. The van der Waals surface area contributed by atoms with Gasteiger partial charge in [-0.15, -0.1) is 0 Å². The number of methoxy groups -OCH3 is 2. The molecule has 0 saturated carbocycles. The maximum absolute atomic E-state index is 14.0. The van der Waals surface area contributed by atoms with E-state index in [1.165, 1.54) is 17.8 Å². The number of likely N-dealkylation sites (N-methyl/N-ethyl adjacent to an activating group) is 1. The summed E-state index contributed by atoms with van der Waals surface area (Å²) in [7, 11) is 4.44. The average molecular weight is 1060 g/mol. The Morgan fingerprint density at radius 1 is 0.829 bits per heavy atom. The lowest BCUT2D eigenvalue weighted by Gasteiger charge is -2.56. The number of benzene rings is 4. The summed E-state index contributed by atoms with van der Waals surface area (Å²) in [5.74, 6) is -2.24. The first-order valence-corrected chi connectivity index (χ1v) is 25.6. The number of β-lactam (4-membered cyclic amide) rings is 1. The summed E-state index contributed by atoms with van der Waals surface area (Å²) in [6.45, 7) is 5.53. The van der Waals surface area contributed by atoms with Crippen molar-refractivity contribution in [2.24, 2.45) is 5.41 Å². The van der Waals surface area contributed by atoms with Gasteiger partial charge in [-0.2, -0.15) is 0 Å². The van der Waals surface area contributed by atoms with E-state index < -0.39 is 53.9 Å². The number of carbonyl (C=O) groups excluding carboxylic acids is 7. The molecule has 5 fully saturated rings. The summed E-state index contributed by atoms with van der Waals surface area (Å²) in [6.07, 6.45) is 1.31. The number of hydrogen-bond acceptors (Lipinski definition) is 13. The monoisotopic (exact) mass is 1060 g/mol. The number of ether oxygens (including phenoxy) is 5. The van der Waals surface area contributed by atoms with Crippen LogP contribution in [0.1, 0.15) is 59.3 Å². The number of nitrogens with zero attached hydrogens (tertiary/aromatic N) is 4. The molecule has 4 aromatic carbocycles. The molecule has 6 aliphatic rings. The molecule has 0 unspecified atom stereocenters. The van der Waals surface area contributed by atoms with E-state index in [-0.39, 0.29) is 66.3 Å². The molecule has 6 aliphatic heterocycles. The Labute approximate surface area is 445 Å². The first-order chi connectivity index (χ1) is 36.7. The Bertz CT molecular complexity index is 2900. The van der Waals surface area contributed by atoms with Crippen LogP contribution >= 0.6 is 11.6 Å². The minimum atomic E-state index is -1.36. The van der Waals surface area contributed by atoms with Crippen molar-refractivity contribution >= 4 is 61.2 Å². The third-order valence-electron chi connectivity index (χ3n) is 15.2. The molecular weight excluding hydrogens is 1000 g/mol. The molecule has 20 nitrogen and oxygen atoms in total. The van der Waals surface area contributed by atoms with E-state index in [2.05, 4.69) is 16.0 Å². The topological polar surface area (TPSA) is 221 Å². The zero-order valence-corrected chi connectivity index (χ0v) is 43.5. The Kier molecular flexibility index (Phi) is 15.9. The van der Waals surface area contributed by atoms with Crippen molar-refractivity contribution in [2.45, 2.75) is 57.7 Å². The van der Waals surface area contributed by atoms with E-state index in [1.807, 2.05) is 48.5 Å². The van der Waals surface area contributed by atoms with Crippen molar-refractivity contribution in [3.63, 3.8) is 0 Å². The number of imide groups is 1.